The maximum absolute atomic E-state index is 11.8. The van der Waals surface area contributed by atoms with Crippen LogP contribution >= 0.6 is 0 Å². The van der Waals surface area contributed by atoms with Crippen molar-refractivity contribution in [2.24, 2.45) is 5.73 Å². The molecule has 2 saturated carbocycles. The van der Waals surface area contributed by atoms with Gasteiger partial charge in [-0.15, -0.1) is 0 Å². The van der Waals surface area contributed by atoms with Crippen molar-refractivity contribution in [3.8, 4) is 0 Å². The summed E-state index contributed by atoms with van der Waals surface area (Å²) < 4.78 is 5.72. The van der Waals surface area contributed by atoms with E-state index in [0.717, 1.165) is 45.1 Å². The lowest BCUT2D eigenvalue weighted by Gasteiger charge is -2.35. The molecule has 3 rings (SSSR count). The molecule has 2 fully saturated rings. The smallest absolute Gasteiger partial charge is 0.254 e. The van der Waals surface area contributed by atoms with E-state index in [2.05, 4.69) is 27.5 Å². The van der Waals surface area contributed by atoms with Gasteiger partial charge in [-0.2, -0.15) is 4.98 Å². The van der Waals surface area contributed by atoms with Gasteiger partial charge in [0.15, 0.2) is 0 Å². The largest absolute Gasteiger partial charge is 0.379 e. The first-order valence-electron chi connectivity index (χ1n) is 10.3. The first kappa shape index (κ1) is 19.9. The predicted octanol–water partition coefficient (Wildman–Crippen LogP) is 3.47. The van der Waals surface area contributed by atoms with Crippen LogP contribution in [0.5, 0.6) is 0 Å². The molecule has 0 unspecified atom stereocenters. The number of aromatic nitrogens is 2. The van der Waals surface area contributed by atoms with Crippen LogP contribution in [0.25, 0.3) is 0 Å². The summed E-state index contributed by atoms with van der Waals surface area (Å²) in [5.41, 5.74) is 5.85. The molecule has 2 aliphatic carbocycles. The standard InChI is InChI=1S/C20H33N5O2/c1-3-27-15-9-7-14(8-10-15)23-19-22-13-16(17(21)26)18(24-19)25-20(2)11-5-4-6-12-20/h13-15H,3-12H2,1-2H3,(H2,21,26)(H2,22,23,24,25). The SMILES string of the molecule is CCOC1CCC(Nc2ncc(C(N)=O)c(NC3(C)CCCCC3)n2)CC1. The molecule has 1 aromatic rings. The summed E-state index contributed by atoms with van der Waals surface area (Å²) in [5.74, 6) is 0.606. The second-order valence-electron chi connectivity index (χ2n) is 8.14. The van der Waals surface area contributed by atoms with E-state index in [1.807, 2.05) is 6.92 Å². The quantitative estimate of drug-likeness (QED) is 0.674. The minimum atomic E-state index is -0.499. The summed E-state index contributed by atoms with van der Waals surface area (Å²) in [4.78, 5) is 20.8. The molecule has 4 N–H and O–H groups in total. The van der Waals surface area contributed by atoms with Crippen LogP contribution in [0.2, 0.25) is 0 Å². The van der Waals surface area contributed by atoms with Crippen LogP contribution in [-0.2, 0) is 4.74 Å². The molecule has 0 aromatic carbocycles. The van der Waals surface area contributed by atoms with Crippen LogP contribution in [0.1, 0.15) is 82.0 Å². The maximum atomic E-state index is 11.8. The third kappa shape index (κ3) is 5.31. The van der Waals surface area contributed by atoms with Crippen LogP contribution in [0, 0.1) is 0 Å². The normalized spacial score (nSPS) is 25.0. The third-order valence-electron chi connectivity index (χ3n) is 5.84. The fourth-order valence-electron chi connectivity index (χ4n) is 4.26. The van der Waals surface area contributed by atoms with Crippen molar-refractivity contribution >= 4 is 17.7 Å². The van der Waals surface area contributed by atoms with Gasteiger partial charge in [0, 0.05) is 24.4 Å². The summed E-state index contributed by atoms with van der Waals surface area (Å²) in [7, 11) is 0. The van der Waals surface area contributed by atoms with E-state index >= 15 is 0 Å². The molecule has 0 radical (unpaired) electrons. The van der Waals surface area contributed by atoms with Gasteiger partial charge in [-0.1, -0.05) is 19.3 Å². The summed E-state index contributed by atoms with van der Waals surface area (Å²) in [6, 6.07) is 0.333. The van der Waals surface area contributed by atoms with Crippen LogP contribution in [0.15, 0.2) is 6.20 Å². The molecule has 2 aliphatic rings. The van der Waals surface area contributed by atoms with Gasteiger partial charge in [0.05, 0.1) is 11.7 Å². The maximum Gasteiger partial charge on any atom is 0.254 e. The Morgan fingerprint density at radius 1 is 1.26 bits per heavy atom. The van der Waals surface area contributed by atoms with E-state index in [1.54, 1.807) is 0 Å². The van der Waals surface area contributed by atoms with Crippen molar-refractivity contribution in [1.29, 1.82) is 0 Å². The van der Waals surface area contributed by atoms with E-state index in [1.165, 1.54) is 25.5 Å². The van der Waals surface area contributed by atoms with E-state index < -0.39 is 5.91 Å². The van der Waals surface area contributed by atoms with E-state index in [0.29, 0.717) is 29.5 Å². The minimum Gasteiger partial charge on any atom is -0.379 e. The number of nitrogens with two attached hydrogens (primary N) is 1. The number of nitrogens with zero attached hydrogens (tertiary/aromatic N) is 2. The van der Waals surface area contributed by atoms with Gasteiger partial charge in [-0.05, 0) is 52.4 Å². The molecule has 27 heavy (non-hydrogen) atoms. The first-order valence-corrected chi connectivity index (χ1v) is 10.3. The van der Waals surface area contributed by atoms with Crippen LogP contribution in [0.4, 0.5) is 11.8 Å². The number of primary amides is 1. The summed E-state index contributed by atoms with van der Waals surface area (Å²) in [5, 5.41) is 6.93. The van der Waals surface area contributed by atoms with Gasteiger partial charge in [0.1, 0.15) is 5.82 Å². The Morgan fingerprint density at radius 2 is 1.96 bits per heavy atom. The number of hydrogen-bond acceptors (Lipinski definition) is 6. The van der Waals surface area contributed by atoms with Crippen molar-refractivity contribution in [3.05, 3.63) is 11.8 Å². The van der Waals surface area contributed by atoms with Gasteiger partial charge in [-0.3, -0.25) is 4.79 Å². The lowest BCUT2D eigenvalue weighted by Crippen LogP contribution is -2.38. The zero-order valence-electron chi connectivity index (χ0n) is 16.6. The van der Waals surface area contributed by atoms with Gasteiger partial charge >= 0.3 is 0 Å². The molecule has 0 saturated heterocycles. The van der Waals surface area contributed by atoms with Crippen LogP contribution in [0.3, 0.4) is 0 Å². The highest BCUT2D eigenvalue weighted by Gasteiger charge is 2.29. The number of amides is 1. The molecular weight excluding hydrogens is 342 g/mol. The molecule has 150 valence electrons. The average Bonchev–Trinajstić information content (AvgIpc) is 2.64. The molecule has 0 atom stereocenters. The van der Waals surface area contributed by atoms with Crippen LogP contribution < -0.4 is 16.4 Å². The Hall–Kier alpha value is -1.89. The number of hydrogen-bond donors (Lipinski definition) is 3. The number of carbonyl (C=O) groups is 1. The lowest BCUT2D eigenvalue weighted by molar-refractivity contribution is 0.0346. The Morgan fingerprint density at radius 3 is 2.59 bits per heavy atom. The molecule has 7 nitrogen and oxygen atoms in total. The van der Waals surface area contributed by atoms with Crippen molar-refractivity contribution in [1.82, 2.24) is 9.97 Å². The fourth-order valence-corrected chi connectivity index (χ4v) is 4.26. The summed E-state index contributed by atoms with van der Waals surface area (Å²) >= 11 is 0. The predicted molar refractivity (Wildman–Crippen MR) is 107 cm³/mol. The molecule has 1 heterocycles. The van der Waals surface area contributed by atoms with Gasteiger partial charge in [0.2, 0.25) is 5.95 Å². The Labute approximate surface area is 161 Å². The van der Waals surface area contributed by atoms with Crippen LogP contribution in [-0.4, -0.2) is 40.2 Å². The molecule has 1 aromatic heterocycles. The second kappa shape index (κ2) is 8.87. The van der Waals surface area contributed by atoms with Crippen molar-refractivity contribution < 1.29 is 9.53 Å². The zero-order chi connectivity index (χ0) is 19.3. The molecule has 0 spiro atoms. The van der Waals surface area contributed by atoms with E-state index in [9.17, 15) is 4.79 Å². The van der Waals surface area contributed by atoms with Gasteiger partial charge < -0.3 is 21.1 Å². The minimum absolute atomic E-state index is 0.0520. The number of anilines is 2. The second-order valence-corrected chi connectivity index (χ2v) is 8.14. The molecule has 0 bridgehead atoms. The third-order valence-corrected chi connectivity index (χ3v) is 5.84. The Kier molecular flexibility index (Phi) is 6.52. The topological polar surface area (TPSA) is 102 Å². The number of nitrogens with one attached hydrogen (secondary N) is 2. The van der Waals surface area contributed by atoms with E-state index in [-0.39, 0.29) is 5.54 Å². The number of ether oxygens (including phenoxy) is 1. The Balaban J connectivity index is 1.69. The van der Waals surface area contributed by atoms with Crippen molar-refractivity contribution in [2.75, 3.05) is 17.2 Å². The van der Waals surface area contributed by atoms with E-state index in [4.69, 9.17) is 10.5 Å². The highest BCUT2D eigenvalue weighted by molar-refractivity contribution is 5.97. The molecule has 1 amide bonds. The fraction of sp³-hybridized carbons (Fsp3) is 0.750. The highest BCUT2D eigenvalue weighted by Crippen LogP contribution is 2.32. The average molecular weight is 376 g/mol. The van der Waals surface area contributed by atoms with Crippen molar-refractivity contribution in [3.63, 3.8) is 0 Å². The first-order chi connectivity index (χ1) is 13.0. The monoisotopic (exact) mass is 375 g/mol. The highest BCUT2D eigenvalue weighted by atomic mass is 16.5. The molecule has 0 aliphatic heterocycles. The summed E-state index contributed by atoms with van der Waals surface area (Å²) in [6.45, 7) is 5.01. The molecule has 7 heteroatoms. The molecular formula is C20H33N5O2. The van der Waals surface area contributed by atoms with Crippen molar-refractivity contribution in [2.45, 2.75) is 89.3 Å². The number of carbonyl (C=O) groups excluding carboxylic acids is 1. The zero-order valence-corrected chi connectivity index (χ0v) is 16.6. The van der Waals surface area contributed by atoms with Gasteiger partial charge in [-0.25, -0.2) is 4.98 Å². The van der Waals surface area contributed by atoms with Gasteiger partial charge in [0.25, 0.3) is 5.91 Å². The summed E-state index contributed by atoms with van der Waals surface area (Å²) in [6.07, 6.45) is 11.9. The lowest BCUT2D eigenvalue weighted by atomic mass is 9.83. The Bertz CT molecular complexity index is 637. The number of rotatable bonds is 7.